The smallest absolute Gasteiger partial charge is 0.207 e. The Hall–Kier alpha value is -1.89. The topological polar surface area (TPSA) is 60.0 Å². The van der Waals surface area contributed by atoms with Crippen molar-refractivity contribution in [2.45, 2.75) is 31.6 Å². The number of benzene rings is 1. The molecular formula is C19H22Cl2FN5. The molecule has 0 amide bonds. The summed E-state index contributed by atoms with van der Waals surface area (Å²) >= 11 is 5.98. The van der Waals surface area contributed by atoms with Gasteiger partial charge >= 0.3 is 0 Å². The monoisotopic (exact) mass is 409 g/mol. The number of halogens is 3. The number of anilines is 1. The van der Waals surface area contributed by atoms with Crippen molar-refractivity contribution in [1.29, 1.82) is 0 Å². The summed E-state index contributed by atoms with van der Waals surface area (Å²) in [6, 6.07) is 11.2. The summed E-state index contributed by atoms with van der Waals surface area (Å²) in [4.78, 5) is 11.4. The Morgan fingerprint density at radius 3 is 2.74 bits per heavy atom. The number of hydrogen-bond donors (Lipinski definition) is 1. The second kappa shape index (κ2) is 8.00. The second-order valence-electron chi connectivity index (χ2n) is 6.76. The molecule has 27 heavy (non-hydrogen) atoms. The number of hydrogen-bond acceptors (Lipinski definition) is 4. The van der Waals surface area contributed by atoms with Crippen molar-refractivity contribution in [3.05, 3.63) is 53.3 Å². The van der Waals surface area contributed by atoms with E-state index < -0.39 is 12.2 Å². The van der Waals surface area contributed by atoms with Gasteiger partial charge in [-0.1, -0.05) is 23.7 Å². The molecule has 0 saturated carbocycles. The predicted octanol–water partition coefficient (Wildman–Crippen LogP) is 3.99. The van der Waals surface area contributed by atoms with Crippen molar-refractivity contribution in [2.75, 3.05) is 18.0 Å². The molecule has 1 aliphatic rings. The first-order chi connectivity index (χ1) is 12.5. The summed E-state index contributed by atoms with van der Waals surface area (Å²) in [5.41, 5.74) is 8.78. The quantitative estimate of drug-likeness (QED) is 0.710. The van der Waals surface area contributed by atoms with E-state index >= 15 is 0 Å². The van der Waals surface area contributed by atoms with Gasteiger partial charge in [0.1, 0.15) is 6.17 Å². The Morgan fingerprint density at radius 2 is 2.04 bits per heavy atom. The number of fused-ring (bicyclic) bond motifs is 1. The number of aromatic nitrogens is 3. The fourth-order valence-corrected chi connectivity index (χ4v) is 3.65. The fraction of sp³-hybridized carbons (Fsp3) is 0.368. The molecule has 1 aliphatic heterocycles. The summed E-state index contributed by atoms with van der Waals surface area (Å²) in [5.74, 6) is 0.804. The lowest BCUT2D eigenvalue weighted by Gasteiger charge is -2.34. The number of nitrogens with zero attached hydrogens (tertiary/aromatic N) is 4. The molecule has 3 atom stereocenters. The average molecular weight is 410 g/mol. The van der Waals surface area contributed by atoms with E-state index in [0.717, 1.165) is 22.7 Å². The lowest BCUT2D eigenvalue weighted by molar-refractivity contribution is 0.243. The Balaban J connectivity index is 0.00000210. The van der Waals surface area contributed by atoms with Crippen LogP contribution in [0.1, 0.15) is 25.1 Å². The van der Waals surface area contributed by atoms with Gasteiger partial charge in [0.2, 0.25) is 5.95 Å². The minimum absolute atomic E-state index is 0. The van der Waals surface area contributed by atoms with E-state index in [1.165, 1.54) is 0 Å². The van der Waals surface area contributed by atoms with Gasteiger partial charge < -0.3 is 15.2 Å². The third-order valence-corrected chi connectivity index (χ3v) is 5.22. The molecular weight excluding hydrogens is 388 g/mol. The number of piperidine rings is 1. The van der Waals surface area contributed by atoms with Gasteiger partial charge in [0.15, 0.2) is 0 Å². The maximum absolute atomic E-state index is 13.8. The lowest BCUT2D eigenvalue weighted by atomic mass is 10.1. The highest BCUT2D eigenvalue weighted by atomic mass is 35.5. The van der Waals surface area contributed by atoms with Crippen LogP contribution in [0, 0.1) is 0 Å². The van der Waals surface area contributed by atoms with Gasteiger partial charge in [-0.25, -0.2) is 9.37 Å². The van der Waals surface area contributed by atoms with Crippen molar-refractivity contribution in [1.82, 2.24) is 14.5 Å². The number of alkyl halides is 1. The normalized spacial score (nSPS) is 21.1. The molecule has 1 aromatic carbocycles. The highest BCUT2D eigenvalue weighted by Gasteiger charge is 2.30. The van der Waals surface area contributed by atoms with Crippen molar-refractivity contribution < 1.29 is 4.39 Å². The molecule has 1 unspecified atom stereocenters. The van der Waals surface area contributed by atoms with E-state index in [-0.39, 0.29) is 18.4 Å². The third kappa shape index (κ3) is 3.74. The molecule has 0 radical (unpaired) electrons. The first kappa shape index (κ1) is 19.9. The molecule has 3 aromatic rings. The number of nitrogens with two attached hydrogens (primary N) is 1. The molecule has 0 aliphatic carbocycles. The predicted molar refractivity (Wildman–Crippen MR) is 110 cm³/mol. The Bertz CT molecular complexity index is 914. The van der Waals surface area contributed by atoms with E-state index in [0.29, 0.717) is 24.5 Å². The zero-order chi connectivity index (χ0) is 18.3. The molecule has 1 fully saturated rings. The molecule has 2 aromatic heterocycles. The summed E-state index contributed by atoms with van der Waals surface area (Å²) in [6.07, 6.45) is 1.11. The highest BCUT2D eigenvalue weighted by Crippen LogP contribution is 2.31. The number of pyridine rings is 1. The van der Waals surface area contributed by atoms with Crippen molar-refractivity contribution >= 4 is 41.0 Å². The molecule has 3 heterocycles. The van der Waals surface area contributed by atoms with Crippen LogP contribution in [0.3, 0.4) is 0 Å². The molecule has 0 bridgehead atoms. The van der Waals surface area contributed by atoms with Crippen molar-refractivity contribution in [3.63, 3.8) is 0 Å². The Kier molecular flexibility index (Phi) is 5.89. The van der Waals surface area contributed by atoms with Crippen molar-refractivity contribution in [3.8, 4) is 0 Å². The van der Waals surface area contributed by atoms with Crippen LogP contribution in [0.5, 0.6) is 0 Å². The van der Waals surface area contributed by atoms with E-state index in [2.05, 4.69) is 21.4 Å². The molecule has 144 valence electrons. The average Bonchev–Trinajstić information content (AvgIpc) is 3.03. The summed E-state index contributed by atoms with van der Waals surface area (Å²) < 4.78 is 16.0. The van der Waals surface area contributed by atoms with Gasteiger partial charge in [-0.15, -0.1) is 12.4 Å². The van der Waals surface area contributed by atoms with Crippen molar-refractivity contribution in [2.24, 2.45) is 5.73 Å². The molecule has 2 N–H and O–H groups in total. The number of para-hydroxylation sites is 2. The summed E-state index contributed by atoms with van der Waals surface area (Å²) in [6.45, 7) is 3.12. The zero-order valence-corrected chi connectivity index (χ0v) is 16.5. The van der Waals surface area contributed by atoms with E-state index in [1.807, 2.05) is 36.4 Å². The van der Waals surface area contributed by atoms with Gasteiger partial charge in [-0.05, 0) is 37.6 Å². The van der Waals surface area contributed by atoms with Crippen LogP contribution in [0.4, 0.5) is 10.3 Å². The molecule has 8 heteroatoms. The highest BCUT2D eigenvalue weighted by molar-refractivity contribution is 6.30. The maximum atomic E-state index is 13.8. The van der Waals surface area contributed by atoms with Crippen LogP contribution in [-0.2, 0) is 0 Å². The molecule has 1 saturated heterocycles. The van der Waals surface area contributed by atoms with Gasteiger partial charge in [-0.3, -0.25) is 4.98 Å². The number of imidazole rings is 1. The van der Waals surface area contributed by atoms with Crippen LogP contribution in [0.15, 0.2) is 42.6 Å². The van der Waals surface area contributed by atoms with Gasteiger partial charge in [-0.2, -0.15) is 0 Å². The SMILES string of the molecule is CC(c1ccc(Cl)cn1)n1c(N2CC[C@@H](F)[C@H](N)C2)nc2ccccc21.Cl. The third-order valence-electron chi connectivity index (χ3n) is 5.00. The lowest BCUT2D eigenvalue weighted by Crippen LogP contribution is -2.50. The standard InChI is InChI=1S/C19H21ClFN5.ClH/c1-12(16-7-6-13(20)10-23-16)26-18-5-3-2-4-17(18)24-19(26)25-9-8-14(21)15(22)11-25;/h2-7,10,12,14-15H,8-9,11,22H2,1H3;1H/t12?,14-,15-;/m1./s1. The van der Waals surface area contributed by atoms with E-state index in [9.17, 15) is 4.39 Å². The minimum Gasteiger partial charge on any atom is -0.340 e. The van der Waals surface area contributed by atoms with Crippen LogP contribution in [-0.4, -0.2) is 39.8 Å². The van der Waals surface area contributed by atoms with Gasteiger partial charge in [0.05, 0.1) is 33.8 Å². The van der Waals surface area contributed by atoms with E-state index in [1.54, 1.807) is 6.20 Å². The fourth-order valence-electron chi connectivity index (χ4n) is 3.54. The Morgan fingerprint density at radius 1 is 1.26 bits per heavy atom. The zero-order valence-electron chi connectivity index (χ0n) is 14.9. The largest absolute Gasteiger partial charge is 0.340 e. The first-order valence-corrected chi connectivity index (χ1v) is 9.15. The van der Waals surface area contributed by atoms with Gasteiger partial charge in [0.25, 0.3) is 0 Å². The molecule has 0 spiro atoms. The first-order valence-electron chi connectivity index (χ1n) is 8.77. The van der Waals surface area contributed by atoms with E-state index in [4.69, 9.17) is 22.3 Å². The van der Waals surface area contributed by atoms with Crippen LogP contribution < -0.4 is 10.6 Å². The molecule has 4 rings (SSSR count). The maximum Gasteiger partial charge on any atom is 0.207 e. The Labute approximate surface area is 168 Å². The summed E-state index contributed by atoms with van der Waals surface area (Å²) in [5, 5.41) is 0.604. The van der Waals surface area contributed by atoms with Crippen LogP contribution >= 0.6 is 24.0 Å². The van der Waals surface area contributed by atoms with Crippen LogP contribution in [0.2, 0.25) is 5.02 Å². The van der Waals surface area contributed by atoms with Gasteiger partial charge in [0, 0.05) is 19.3 Å². The minimum atomic E-state index is -0.959. The van der Waals surface area contributed by atoms with Crippen LogP contribution in [0.25, 0.3) is 11.0 Å². The molecule has 5 nitrogen and oxygen atoms in total. The second-order valence-corrected chi connectivity index (χ2v) is 7.20. The number of rotatable bonds is 3. The summed E-state index contributed by atoms with van der Waals surface area (Å²) in [7, 11) is 0.